The van der Waals surface area contributed by atoms with Crippen LogP contribution in [0.2, 0.25) is 0 Å². The van der Waals surface area contributed by atoms with E-state index < -0.39 is 5.56 Å². The molecule has 0 saturated carbocycles. The quantitative estimate of drug-likeness (QED) is 0.317. The van der Waals surface area contributed by atoms with Crippen LogP contribution in [0.25, 0.3) is 50.1 Å². The van der Waals surface area contributed by atoms with Crippen LogP contribution in [0.3, 0.4) is 0 Å². The molecule has 0 amide bonds. The fraction of sp³-hybridized carbons (Fsp3) is 0. The predicted molar refractivity (Wildman–Crippen MR) is 140 cm³/mol. The molecule has 37 heavy (non-hydrogen) atoms. The summed E-state index contributed by atoms with van der Waals surface area (Å²) in [5.41, 5.74) is 4.64. The van der Waals surface area contributed by atoms with E-state index in [9.17, 15) is 15.3 Å². The minimum Gasteiger partial charge on any atom is -0.267 e. The molecule has 0 aliphatic heterocycles. The van der Waals surface area contributed by atoms with Gasteiger partial charge in [0.1, 0.15) is 17.7 Å². The largest absolute Gasteiger partial charge is 0.282 e. The molecular weight excluding hydrogens is 460 g/mol. The Hall–Kier alpha value is -5.66. The highest BCUT2D eigenvalue weighted by Gasteiger charge is 2.21. The summed E-state index contributed by atoms with van der Waals surface area (Å²) in [5, 5.41) is 24.6. The Morgan fingerprint density at radius 1 is 0.676 bits per heavy atom. The van der Waals surface area contributed by atoms with Crippen LogP contribution in [0, 0.1) is 22.7 Å². The molecule has 6 rings (SSSR count). The number of aromatic nitrogens is 4. The Morgan fingerprint density at radius 2 is 1.32 bits per heavy atom. The zero-order valence-electron chi connectivity index (χ0n) is 19.3. The van der Waals surface area contributed by atoms with E-state index in [1.54, 1.807) is 36.5 Å². The monoisotopic (exact) mass is 476 g/mol. The third kappa shape index (κ3) is 3.68. The Morgan fingerprint density at radius 3 is 2.00 bits per heavy atom. The van der Waals surface area contributed by atoms with Gasteiger partial charge in [-0.05, 0) is 34.4 Å². The number of pyridine rings is 1. The van der Waals surface area contributed by atoms with Gasteiger partial charge in [-0.25, -0.2) is 4.98 Å². The number of hydrogen-bond acceptors (Lipinski definition) is 6. The van der Waals surface area contributed by atoms with Crippen molar-refractivity contribution in [2.45, 2.75) is 0 Å². The summed E-state index contributed by atoms with van der Waals surface area (Å²) < 4.78 is 1.31. The molecule has 0 radical (unpaired) electrons. The Kier molecular flexibility index (Phi) is 5.22. The van der Waals surface area contributed by atoms with Crippen molar-refractivity contribution < 1.29 is 0 Å². The van der Waals surface area contributed by atoms with E-state index in [2.05, 4.69) is 27.2 Å². The van der Waals surface area contributed by atoms with E-state index in [-0.39, 0.29) is 27.9 Å². The second-order valence-electron chi connectivity index (χ2n) is 8.38. The summed E-state index contributed by atoms with van der Waals surface area (Å²) >= 11 is 0. The molecule has 3 heterocycles. The number of hydrogen-bond donors (Lipinski definition) is 0. The molecule has 0 aliphatic carbocycles. The van der Waals surface area contributed by atoms with Gasteiger partial charge in [-0.1, -0.05) is 78.9 Å². The van der Waals surface area contributed by atoms with Crippen molar-refractivity contribution >= 4 is 16.7 Å². The standard InChI is InChI=1S/C30H16N6O/c31-16-25-27(20-10-5-2-6-11-20)26(17-32)35-36-28-24(30(37)34-29(25)36)15-23(18-33-28)22-13-7-12-21(14-22)19-8-3-1-4-9-19/h1-15,18H. The lowest BCUT2D eigenvalue weighted by atomic mass is 9.99. The Labute approximate surface area is 211 Å². The van der Waals surface area contributed by atoms with Crippen molar-refractivity contribution in [2.24, 2.45) is 0 Å². The van der Waals surface area contributed by atoms with Gasteiger partial charge in [0.15, 0.2) is 17.0 Å². The minimum atomic E-state index is -0.523. The van der Waals surface area contributed by atoms with Crippen LogP contribution >= 0.6 is 0 Å². The highest BCUT2D eigenvalue weighted by atomic mass is 16.1. The normalized spacial score (nSPS) is 10.8. The van der Waals surface area contributed by atoms with E-state index in [4.69, 9.17) is 0 Å². The van der Waals surface area contributed by atoms with Crippen molar-refractivity contribution in [1.29, 1.82) is 10.5 Å². The zero-order valence-corrected chi connectivity index (χ0v) is 19.3. The first-order valence-corrected chi connectivity index (χ1v) is 11.5. The lowest BCUT2D eigenvalue weighted by molar-refractivity contribution is 0.905. The van der Waals surface area contributed by atoms with Crippen LogP contribution in [0.4, 0.5) is 0 Å². The molecule has 3 aromatic carbocycles. The van der Waals surface area contributed by atoms with Crippen LogP contribution in [-0.2, 0) is 0 Å². The lowest BCUT2D eigenvalue weighted by Gasteiger charge is -2.12. The molecule has 3 aromatic heterocycles. The molecule has 0 spiro atoms. The topological polar surface area (TPSA) is 108 Å². The van der Waals surface area contributed by atoms with Gasteiger partial charge in [0.05, 0.1) is 5.39 Å². The van der Waals surface area contributed by atoms with Gasteiger partial charge in [0, 0.05) is 17.3 Å². The van der Waals surface area contributed by atoms with Crippen LogP contribution < -0.4 is 5.56 Å². The third-order valence-corrected chi connectivity index (χ3v) is 6.20. The average Bonchev–Trinajstić information content (AvgIpc) is 2.97. The predicted octanol–water partition coefficient (Wildman–Crippen LogP) is 5.38. The lowest BCUT2D eigenvalue weighted by Crippen LogP contribution is -2.16. The maximum absolute atomic E-state index is 13.2. The van der Waals surface area contributed by atoms with Crippen LogP contribution in [-0.4, -0.2) is 19.6 Å². The smallest absolute Gasteiger partial charge is 0.267 e. The average molecular weight is 476 g/mol. The Balaban J connectivity index is 1.58. The number of nitriles is 2. The number of fused-ring (bicyclic) bond motifs is 3. The third-order valence-electron chi connectivity index (χ3n) is 6.20. The molecule has 0 atom stereocenters. The van der Waals surface area contributed by atoms with Crippen molar-refractivity contribution in [2.75, 3.05) is 0 Å². The van der Waals surface area contributed by atoms with Crippen molar-refractivity contribution in [3.63, 3.8) is 0 Å². The molecule has 0 aliphatic rings. The first kappa shape index (κ1) is 21.8. The first-order chi connectivity index (χ1) is 18.2. The van der Waals surface area contributed by atoms with Crippen LogP contribution in [0.5, 0.6) is 0 Å². The Bertz CT molecular complexity index is 1970. The van der Waals surface area contributed by atoms with E-state index in [1.807, 2.05) is 60.7 Å². The van der Waals surface area contributed by atoms with Gasteiger partial charge in [-0.3, -0.25) is 4.79 Å². The SMILES string of the molecule is N#Cc1nn2c(nc(=O)c3cc(-c4cccc(-c5ccccc5)c4)cnc32)c(C#N)c1-c1ccccc1. The molecule has 7 nitrogen and oxygen atoms in total. The fourth-order valence-electron chi connectivity index (χ4n) is 4.46. The van der Waals surface area contributed by atoms with E-state index in [1.165, 1.54) is 4.52 Å². The van der Waals surface area contributed by atoms with Gasteiger partial charge in [0.2, 0.25) is 0 Å². The number of nitrogens with zero attached hydrogens (tertiary/aromatic N) is 6. The van der Waals surface area contributed by atoms with E-state index in [0.717, 1.165) is 22.3 Å². The minimum absolute atomic E-state index is 0.0448. The highest BCUT2D eigenvalue weighted by Crippen LogP contribution is 2.30. The van der Waals surface area contributed by atoms with Gasteiger partial charge < -0.3 is 0 Å². The molecule has 6 aromatic rings. The van der Waals surface area contributed by atoms with Crippen molar-refractivity contribution in [3.05, 3.63) is 119 Å². The van der Waals surface area contributed by atoms with Gasteiger partial charge in [-0.2, -0.15) is 25.1 Å². The molecule has 172 valence electrons. The molecule has 0 N–H and O–H groups in total. The zero-order chi connectivity index (χ0) is 25.4. The summed E-state index contributed by atoms with van der Waals surface area (Å²) in [5.74, 6) is 0. The molecule has 0 fully saturated rings. The summed E-state index contributed by atoms with van der Waals surface area (Å²) in [7, 11) is 0. The molecule has 7 heteroatoms. The first-order valence-electron chi connectivity index (χ1n) is 11.5. The van der Waals surface area contributed by atoms with Crippen molar-refractivity contribution in [3.8, 4) is 45.5 Å². The van der Waals surface area contributed by atoms with Gasteiger partial charge in [0.25, 0.3) is 5.56 Å². The van der Waals surface area contributed by atoms with Gasteiger partial charge >= 0.3 is 0 Å². The summed E-state index contributed by atoms with van der Waals surface area (Å²) in [6.07, 6.45) is 1.66. The van der Waals surface area contributed by atoms with Crippen molar-refractivity contribution in [1.82, 2.24) is 19.6 Å². The second kappa shape index (κ2) is 8.84. The number of benzene rings is 3. The molecule has 0 saturated heterocycles. The molecule has 0 bridgehead atoms. The number of rotatable bonds is 3. The second-order valence-corrected chi connectivity index (χ2v) is 8.38. The maximum atomic E-state index is 13.2. The summed E-state index contributed by atoms with van der Waals surface area (Å²) in [6.45, 7) is 0. The highest BCUT2D eigenvalue weighted by molar-refractivity contribution is 5.86. The summed E-state index contributed by atoms with van der Waals surface area (Å²) in [4.78, 5) is 21.9. The summed E-state index contributed by atoms with van der Waals surface area (Å²) in [6, 6.07) is 32.9. The molecular formula is C30H16N6O. The van der Waals surface area contributed by atoms with Crippen LogP contribution in [0.1, 0.15) is 11.3 Å². The van der Waals surface area contributed by atoms with Crippen LogP contribution in [0.15, 0.2) is 102 Å². The fourth-order valence-corrected chi connectivity index (χ4v) is 4.46. The maximum Gasteiger partial charge on any atom is 0.282 e. The molecule has 0 unspecified atom stereocenters. The van der Waals surface area contributed by atoms with E-state index in [0.29, 0.717) is 11.1 Å². The van der Waals surface area contributed by atoms with E-state index >= 15 is 0 Å². The van der Waals surface area contributed by atoms with Gasteiger partial charge in [-0.15, -0.1) is 0 Å².